The summed E-state index contributed by atoms with van der Waals surface area (Å²) in [7, 11) is 0. The zero-order valence-corrected chi connectivity index (χ0v) is 7.88. The maximum atomic E-state index is 4.16. The van der Waals surface area contributed by atoms with Crippen molar-refractivity contribution in [3.05, 3.63) is 22.7 Å². The lowest BCUT2D eigenvalue weighted by atomic mass is 10.4. The maximum Gasteiger partial charge on any atom is 0.0319 e. The van der Waals surface area contributed by atoms with Gasteiger partial charge < -0.3 is 0 Å². The number of rotatable bonds is 0. The molecule has 0 N–H and O–H groups in total. The van der Waals surface area contributed by atoms with Crippen LogP contribution in [-0.4, -0.2) is 0 Å². The molecule has 0 nitrogen and oxygen atoms in total. The third-order valence-corrected chi connectivity index (χ3v) is 2.56. The van der Waals surface area contributed by atoms with Crippen LogP contribution in [0.25, 0.3) is 0 Å². The number of halogens is 1. The van der Waals surface area contributed by atoms with Gasteiger partial charge in [-0.3, -0.25) is 0 Å². The highest BCUT2D eigenvalue weighted by Crippen LogP contribution is 2.22. The summed E-state index contributed by atoms with van der Waals surface area (Å²) >= 11 is 11.6. The molecule has 0 aromatic heterocycles. The second kappa shape index (κ2) is 2.99. The van der Waals surface area contributed by atoms with E-state index in [0.717, 1.165) is 14.3 Å². The monoisotopic (exact) mass is 220 g/mol. The van der Waals surface area contributed by atoms with Gasteiger partial charge in [-0.25, -0.2) is 0 Å². The standard InChI is InChI=1S/C6H5BrS2/c7-5-3-4(8)1-2-6(5)9/h1-3,8-9H. The SMILES string of the molecule is Sc1ccc(S)c(Br)c1. The molecule has 0 saturated heterocycles. The molecule has 0 heterocycles. The molecule has 0 aliphatic rings. The van der Waals surface area contributed by atoms with E-state index in [9.17, 15) is 0 Å². The van der Waals surface area contributed by atoms with Crippen molar-refractivity contribution >= 4 is 41.2 Å². The first-order valence-corrected chi connectivity index (χ1v) is 4.06. The first-order chi connectivity index (χ1) is 4.20. The Labute approximate surface area is 73.6 Å². The molecule has 1 rings (SSSR count). The van der Waals surface area contributed by atoms with Crippen LogP contribution in [-0.2, 0) is 0 Å². The van der Waals surface area contributed by atoms with E-state index in [0.29, 0.717) is 0 Å². The Balaban J connectivity index is 3.17. The molecule has 1 aromatic rings. The Kier molecular flexibility index (Phi) is 2.50. The predicted octanol–water partition coefficient (Wildman–Crippen LogP) is 3.03. The molecule has 0 saturated carbocycles. The van der Waals surface area contributed by atoms with Crippen molar-refractivity contribution in [3.8, 4) is 0 Å². The Bertz CT molecular complexity index is 222. The minimum Gasteiger partial charge on any atom is -0.143 e. The van der Waals surface area contributed by atoms with E-state index in [-0.39, 0.29) is 0 Å². The van der Waals surface area contributed by atoms with Gasteiger partial charge >= 0.3 is 0 Å². The van der Waals surface area contributed by atoms with E-state index in [1.54, 1.807) is 0 Å². The molecule has 0 spiro atoms. The summed E-state index contributed by atoms with van der Waals surface area (Å²) < 4.78 is 0.985. The van der Waals surface area contributed by atoms with Crippen LogP contribution in [0, 0.1) is 0 Å². The van der Waals surface area contributed by atoms with Crippen molar-refractivity contribution in [1.29, 1.82) is 0 Å². The van der Waals surface area contributed by atoms with Gasteiger partial charge in [0, 0.05) is 14.3 Å². The van der Waals surface area contributed by atoms with Crippen LogP contribution < -0.4 is 0 Å². The first kappa shape index (κ1) is 7.51. The van der Waals surface area contributed by atoms with Crippen molar-refractivity contribution in [2.24, 2.45) is 0 Å². The lowest BCUT2D eigenvalue weighted by molar-refractivity contribution is 1.33. The minimum absolute atomic E-state index is 0.938. The van der Waals surface area contributed by atoms with Crippen LogP contribution in [0.15, 0.2) is 32.5 Å². The normalized spacial score (nSPS) is 9.67. The van der Waals surface area contributed by atoms with E-state index in [2.05, 4.69) is 41.2 Å². The molecule has 0 fully saturated rings. The fraction of sp³-hybridized carbons (Fsp3) is 0. The highest BCUT2D eigenvalue weighted by molar-refractivity contribution is 9.10. The highest BCUT2D eigenvalue weighted by atomic mass is 79.9. The lowest BCUT2D eigenvalue weighted by Crippen LogP contribution is -1.69. The second-order valence-electron chi connectivity index (χ2n) is 1.64. The van der Waals surface area contributed by atoms with Crippen molar-refractivity contribution in [3.63, 3.8) is 0 Å². The highest BCUT2D eigenvalue weighted by Gasteiger charge is 1.92. The Morgan fingerprint density at radius 3 is 2.33 bits per heavy atom. The van der Waals surface area contributed by atoms with Gasteiger partial charge in [-0.15, -0.1) is 25.3 Å². The molecule has 0 unspecified atom stereocenters. The van der Waals surface area contributed by atoms with Gasteiger partial charge in [0.15, 0.2) is 0 Å². The Morgan fingerprint density at radius 1 is 1.22 bits per heavy atom. The van der Waals surface area contributed by atoms with Crippen LogP contribution in [0.5, 0.6) is 0 Å². The average molecular weight is 221 g/mol. The Morgan fingerprint density at radius 2 is 1.89 bits per heavy atom. The molecule has 0 amide bonds. The van der Waals surface area contributed by atoms with E-state index < -0.39 is 0 Å². The molecule has 0 aliphatic carbocycles. The molecule has 3 heteroatoms. The number of thiol groups is 2. The van der Waals surface area contributed by atoms with Gasteiger partial charge in [0.2, 0.25) is 0 Å². The number of hydrogen-bond acceptors (Lipinski definition) is 2. The summed E-state index contributed by atoms with van der Waals surface area (Å²) in [4.78, 5) is 1.88. The molecule has 1 aromatic carbocycles. The van der Waals surface area contributed by atoms with E-state index in [1.165, 1.54) is 0 Å². The van der Waals surface area contributed by atoms with Crippen LogP contribution >= 0.6 is 41.2 Å². The third-order valence-electron chi connectivity index (χ3n) is 0.931. The maximum absolute atomic E-state index is 4.16. The van der Waals surface area contributed by atoms with E-state index in [4.69, 9.17) is 0 Å². The predicted molar refractivity (Wildman–Crippen MR) is 48.6 cm³/mol. The van der Waals surface area contributed by atoms with Gasteiger partial charge in [0.25, 0.3) is 0 Å². The van der Waals surface area contributed by atoms with Crippen molar-refractivity contribution in [2.45, 2.75) is 9.79 Å². The first-order valence-electron chi connectivity index (χ1n) is 2.37. The topological polar surface area (TPSA) is 0 Å². The molecule has 0 bridgehead atoms. The average Bonchev–Trinajstić information content (AvgIpc) is 1.80. The number of hydrogen-bond donors (Lipinski definition) is 2. The van der Waals surface area contributed by atoms with Gasteiger partial charge in [0.05, 0.1) is 0 Å². The van der Waals surface area contributed by atoms with Crippen LogP contribution in [0.1, 0.15) is 0 Å². The molecule has 0 radical (unpaired) electrons. The zero-order chi connectivity index (χ0) is 6.85. The van der Waals surface area contributed by atoms with E-state index >= 15 is 0 Å². The summed E-state index contributed by atoms with van der Waals surface area (Å²) in [5.41, 5.74) is 0. The molecule has 0 aliphatic heterocycles. The van der Waals surface area contributed by atoms with Gasteiger partial charge in [-0.05, 0) is 34.1 Å². The molecule has 48 valence electrons. The molecular weight excluding hydrogens is 216 g/mol. The quantitative estimate of drug-likeness (QED) is 0.618. The smallest absolute Gasteiger partial charge is 0.0319 e. The molecule has 0 atom stereocenters. The summed E-state index contributed by atoms with van der Waals surface area (Å²) in [6, 6.07) is 5.71. The van der Waals surface area contributed by atoms with Crippen LogP contribution in [0.4, 0.5) is 0 Å². The minimum atomic E-state index is 0.938. The molecular formula is C6H5BrS2. The van der Waals surface area contributed by atoms with Crippen molar-refractivity contribution in [1.82, 2.24) is 0 Å². The summed E-state index contributed by atoms with van der Waals surface area (Å²) in [6.45, 7) is 0. The van der Waals surface area contributed by atoms with Crippen molar-refractivity contribution in [2.75, 3.05) is 0 Å². The summed E-state index contributed by atoms with van der Waals surface area (Å²) in [5, 5.41) is 0. The Hall–Kier alpha value is 0.400. The number of benzene rings is 1. The fourth-order valence-electron chi connectivity index (χ4n) is 0.496. The summed E-state index contributed by atoms with van der Waals surface area (Å²) in [5.74, 6) is 0. The second-order valence-corrected chi connectivity index (χ2v) is 3.49. The fourth-order valence-corrected chi connectivity index (χ4v) is 1.39. The van der Waals surface area contributed by atoms with E-state index in [1.807, 2.05) is 18.2 Å². The van der Waals surface area contributed by atoms with Gasteiger partial charge in [0.1, 0.15) is 0 Å². The summed E-state index contributed by atoms with van der Waals surface area (Å²) in [6.07, 6.45) is 0. The van der Waals surface area contributed by atoms with Crippen molar-refractivity contribution < 1.29 is 0 Å². The molecule has 9 heavy (non-hydrogen) atoms. The third kappa shape index (κ3) is 1.92. The largest absolute Gasteiger partial charge is 0.143 e. The van der Waals surface area contributed by atoms with Gasteiger partial charge in [-0.1, -0.05) is 0 Å². The zero-order valence-electron chi connectivity index (χ0n) is 4.50. The lowest BCUT2D eigenvalue weighted by Gasteiger charge is -1.95. The van der Waals surface area contributed by atoms with Gasteiger partial charge in [-0.2, -0.15) is 0 Å². The van der Waals surface area contributed by atoms with Crippen LogP contribution in [0.3, 0.4) is 0 Å². The van der Waals surface area contributed by atoms with Crippen LogP contribution in [0.2, 0.25) is 0 Å².